The third kappa shape index (κ3) is 4.96. The number of nitrogens with zero attached hydrogens (tertiary/aromatic N) is 3. The van der Waals surface area contributed by atoms with Crippen LogP contribution >= 0.6 is 11.6 Å². The zero-order chi connectivity index (χ0) is 24.4. The molecule has 34 heavy (non-hydrogen) atoms. The Balaban J connectivity index is 1.69. The summed E-state index contributed by atoms with van der Waals surface area (Å²) in [6.07, 6.45) is 3.98. The zero-order valence-electron chi connectivity index (χ0n) is 19.3. The summed E-state index contributed by atoms with van der Waals surface area (Å²) in [6, 6.07) is 4.82. The molecule has 1 fully saturated rings. The topological polar surface area (TPSA) is 116 Å². The van der Waals surface area contributed by atoms with E-state index in [1.807, 2.05) is 6.92 Å². The summed E-state index contributed by atoms with van der Waals surface area (Å²) in [6.45, 7) is 2.07. The number of carboxylic acid groups (broad SMARTS) is 1. The van der Waals surface area contributed by atoms with Crippen LogP contribution in [0.2, 0.25) is 5.15 Å². The summed E-state index contributed by atoms with van der Waals surface area (Å²) in [5.74, 6) is 0.0581. The Kier molecular flexibility index (Phi) is 7.25. The number of aromatic carboxylic acids is 1. The first-order valence-corrected chi connectivity index (χ1v) is 11.5. The molecular weight excluding hydrogens is 462 g/mol. The molecular formula is C24H28ClN3O6. The van der Waals surface area contributed by atoms with Crippen LogP contribution in [0.4, 0.5) is 0 Å². The van der Waals surface area contributed by atoms with Crippen molar-refractivity contribution in [3.63, 3.8) is 0 Å². The lowest BCUT2D eigenvalue weighted by Crippen LogP contribution is -2.31. The average molecular weight is 490 g/mol. The lowest BCUT2D eigenvalue weighted by Gasteiger charge is -2.27. The number of aliphatic hydroxyl groups excluding tert-OH is 1. The normalized spacial score (nSPS) is 16.0. The number of pyridine rings is 1. The minimum atomic E-state index is -1.14. The van der Waals surface area contributed by atoms with Gasteiger partial charge in [0, 0.05) is 5.56 Å². The highest BCUT2D eigenvalue weighted by atomic mass is 35.5. The van der Waals surface area contributed by atoms with Crippen LogP contribution in [-0.4, -0.2) is 57.4 Å². The molecule has 1 saturated carbocycles. The fourth-order valence-electron chi connectivity index (χ4n) is 4.44. The Morgan fingerprint density at radius 2 is 1.85 bits per heavy atom. The van der Waals surface area contributed by atoms with E-state index in [1.165, 1.54) is 6.07 Å². The van der Waals surface area contributed by atoms with Crippen molar-refractivity contribution in [3.8, 4) is 11.5 Å². The van der Waals surface area contributed by atoms with Crippen LogP contribution in [0.5, 0.6) is 11.5 Å². The molecule has 2 aromatic heterocycles. The Hall–Kier alpha value is -2.88. The van der Waals surface area contributed by atoms with E-state index in [2.05, 4.69) is 10.1 Å². The van der Waals surface area contributed by atoms with Crippen molar-refractivity contribution < 1.29 is 29.2 Å². The maximum absolute atomic E-state index is 11.6. The molecule has 0 aliphatic heterocycles. The summed E-state index contributed by atoms with van der Waals surface area (Å²) in [4.78, 5) is 15.8. The minimum absolute atomic E-state index is 0.0287. The third-order valence-electron chi connectivity index (χ3n) is 6.22. The first-order chi connectivity index (χ1) is 16.3. The quantitative estimate of drug-likeness (QED) is 0.430. The maximum Gasteiger partial charge on any atom is 0.338 e. The number of carboxylic acids is 1. The van der Waals surface area contributed by atoms with Gasteiger partial charge >= 0.3 is 5.97 Å². The Morgan fingerprint density at radius 3 is 2.44 bits per heavy atom. The molecule has 2 heterocycles. The van der Waals surface area contributed by atoms with Gasteiger partial charge < -0.3 is 24.4 Å². The second-order valence-electron chi connectivity index (χ2n) is 8.46. The summed E-state index contributed by atoms with van der Waals surface area (Å²) in [7, 11) is 3.13. The van der Waals surface area contributed by atoms with Crippen molar-refractivity contribution >= 4 is 28.6 Å². The number of benzene rings is 1. The van der Waals surface area contributed by atoms with E-state index in [0.29, 0.717) is 22.6 Å². The summed E-state index contributed by atoms with van der Waals surface area (Å²) < 4.78 is 18.8. The highest BCUT2D eigenvalue weighted by Gasteiger charge is 2.29. The monoisotopic (exact) mass is 489 g/mol. The highest BCUT2D eigenvalue weighted by molar-refractivity contribution is 6.30. The number of fused-ring (bicyclic) bond motifs is 1. The molecule has 3 aromatic rings. The number of halogens is 1. The maximum atomic E-state index is 11.6. The van der Waals surface area contributed by atoms with Crippen LogP contribution in [0.1, 0.15) is 53.3 Å². The van der Waals surface area contributed by atoms with Gasteiger partial charge in [-0.05, 0) is 43.5 Å². The largest absolute Gasteiger partial charge is 0.496 e. The highest BCUT2D eigenvalue weighted by Crippen LogP contribution is 2.35. The Labute approximate surface area is 202 Å². The van der Waals surface area contributed by atoms with Crippen molar-refractivity contribution in [1.29, 1.82) is 0 Å². The molecule has 182 valence electrons. The third-order valence-corrected chi connectivity index (χ3v) is 6.42. The van der Waals surface area contributed by atoms with Gasteiger partial charge in [-0.1, -0.05) is 24.4 Å². The number of hydrogen-bond acceptors (Lipinski definition) is 7. The van der Waals surface area contributed by atoms with Crippen LogP contribution in [-0.2, 0) is 11.3 Å². The van der Waals surface area contributed by atoms with Crippen molar-refractivity contribution in [2.75, 3.05) is 14.2 Å². The van der Waals surface area contributed by atoms with Crippen molar-refractivity contribution in [1.82, 2.24) is 14.8 Å². The van der Waals surface area contributed by atoms with Gasteiger partial charge in [0.25, 0.3) is 0 Å². The van der Waals surface area contributed by atoms with Gasteiger partial charge in [-0.2, -0.15) is 5.10 Å². The number of methoxy groups -OCH3 is 2. The van der Waals surface area contributed by atoms with Crippen LogP contribution in [0.25, 0.3) is 11.0 Å². The van der Waals surface area contributed by atoms with E-state index in [1.54, 1.807) is 37.2 Å². The molecule has 1 aromatic carbocycles. The molecule has 10 heteroatoms. The standard InChI is InChI=1S/C24H28ClN3O6/c1-13-18(32-2)8-14(9-19(13)33-3)23(29)20(34-15-6-4-5-7-15)12-28-11-17-22(27-28)16(24(30)31)10-21(25)26-17/h8-11,15,20,23,29H,4-7,12H2,1-3H3,(H,30,31)/t20-,23+/m0/s1. The second-order valence-corrected chi connectivity index (χ2v) is 8.85. The molecule has 0 saturated heterocycles. The molecule has 4 rings (SSSR count). The smallest absolute Gasteiger partial charge is 0.338 e. The first-order valence-electron chi connectivity index (χ1n) is 11.1. The number of hydrogen-bond donors (Lipinski definition) is 2. The van der Waals surface area contributed by atoms with Gasteiger partial charge in [0.1, 0.15) is 39.9 Å². The Bertz CT molecular complexity index is 1170. The number of aliphatic hydroxyl groups is 1. The summed E-state index contributed by atoms with van der Waals surface area (Å²) >= 11 is 6.00. The molecule has 0 amide bonds. The molecule has 0 unspecified atom stereocenters. The van der Waals surface area contributed by atoms with E-state index >= 15 is 0 Å². The van der Waals surface area contributed by atoms with Gasteiger partial charge in [-0.15, -0.1) is 0 Å². The van der Waals surface area contributed by atoms with Crippen LogP contribution in [0.3, 0.4) is 0 Å². The average Bonchev–Trinajstić information content (AvgIpc) is 3.47. The van der Waals surface area contributed by atoms with E-state index in [0.717, 1.165) is 31.2 Å². The lowest BCUT2D eigenvalue weighted by atomic mass is 10.0. The fourth-order valence-corrected chi connectivity index (χ4v) is 4.64. The molecule has 9 nitrogen and oxygen atoms in total. The minimum Gasteiger partial charge on any atom is -0.496 e. The molecule has 0 radical (unpaired) electrons. The van der Waals surface area contributed by atoms with Crippen molar-refractivity contribution in [3.05, 3.63) is 46.2 Å². The summed E-state index contributed by atoms with van der Waals surface area (Å²) in [5.41, 5.74) is 1.97. The number of carbonyl (C=O) groups is 1. The van der Waals surface area contributed by atoms with Crippen LogP contribution in [0.15, 0.2) is 24.4 Å². The van der Waals surface area contributed by atoms with E-state index in [-0.39, 0.29) is 28.9 Å². The van der Waals surface area contributed by atoms with E-state index < -0.39 is 18.2 Å². The van der Waals surface area contributed by atoms with Crippen molar-refractivity contribution in [2.45, 2.75) is 57.5 Å². The fraction of sp³-hybridized carbons (Fsp3) is 0.458. The predicted octanol–water partition coefficient (Wildman–Crippen LogP) is 4.17. The van der Waals surface area contributed by atoms with Gasteiger partial charge in [-0.25, -0.2) is 9.78 Å². The van der Waals surface area contributed by atoms with E-state index in [4.69, 9.17) is 25.8 Å². The SMILES string of the molecule is COc1cc([C@@H](O)[C@H](Cn2cc3nc(Cl)cc(C(=O)O)c3n2)OC2CCCC2)cc(OC)c1C. The van der Waals surface area contributed by atoms with Gasteiger partial charge in [0.05, 0.1) is 38.6 Å². The number of aromatic nitrogens is 3. The molecule has 1 aliphatic carbocycles. The van der Waals surface area contributed by atoms with Crippen LogP contribution in [0, 0.1) is 6.92 Å². The van der Waals surface area contributed by atoms with E-state index in [9.17, 15) is 15.0 Å². The van der Waals surface area contributed by atoms with Gasteiger partial charge in [0.2, 0.25) is 0 Å². The van der Waals surface area contributed by atoms with Crippen LogP contribution < -0.4 is 9.47 Å². The predicted molar refractivity (Wildman–Crippen MR) is 126 cm³/mol. The molecule has 2 atom stereocenters. The number of rotatable bonds is 9. The first kappa shape index (κ1) is 24.3. The zero-order valence-corrected chi connectivity index (χ0v) is 20.1. The second kappa shape index (κ2) is 10.2. The van der Waals surface area contributed by atoms with Crippen molar-refractivity contribution in [2.24, 2.45) is 0 Å². The van der Waals surface area contributed by atoms with Gasteiger partial charge in [-0.3, -0.25) is 4.68 Å². The molecule has 1 aliphatic rings. The molecule has 0 spiro atoms. The number of ether oxygens (including phenoxy) is 3. The summed E-state index contributed by atoms with van der Waals surface area (Å²) in [5, 5.41) is 25.4. The van der Waals surface area contributed by atoms with Gasteiger partial charge in [0.15, 0.2) is 0 Å². The Morgan fingerprint density at radius 1 is 1.21 bits per heavy atom. The lowest BCUT2D eigenvalue weighted by molar-refractivity contribution is -0.0845. The molecule has 0 bridgehead atoms. The molecule has 2 N–H and O–H groups in total.